The molecule has 5 rings (SSSR count). The van der Waals surface area contributed by atoms with E-state index in [1.807, 2.05) is 83.7 Å². The van der Waals surface area contributed by atoms with E-state index in [1.165, 1.54) is 0 Å². The Morgan fingerprint density at radius 3 is 2.50 bits per heavy atom. The minimum atomic E-state index is -0.0595. The number of rotatable bonds is 8. The molecule has 3 aromatic carbocycles. The maximum absolute atomic E-state index is 12.6. The van der Waals surface area contributed by atoms with Gasteiger partial charge >= 0.3 is 0 Å². The third-order valence-electron chi connectivity index (χ3n) is 5.92. The summed E-state index contributed by atoms with van der Waals surface area (Å²) in [5.41, 5.74) is 2.77. The van der Waals surface area contributed by atoms with Gasteiger partial charge in [0.2, 0.25) is 5.91 Å². The smallest absolute Gasteiger partial charge is 0.228 e. The molecule has 1 N–H and O–H groups in total. The Kier molecular flexibility index (Phi) is 6.84. The number of nitrogens with zero attached hydrogens (tertiary/aromatic N) is 3. The van der Waals surface area contributed by atoms with Crippen molar-refractivity contribution in [1.82, 2.24) is 14.7 Å². The van der Waals surface area contributed by atoms with E-state index in [-0.39, 0.29) is 5.91 Å². The number of hydrogen-bond donors (Lipinski definition) is 1. The van der Waals surface area contributed by atoms with Gasteiger partial charge < -0.3 is 14.8 Å². The molecule has 0 aliphatic carbocycles. The first kappa shape index (κ1) is 22.1. The molecular weight excluding hydrogens is 428 g/mol. The summed E-state index contributed by atoms with van der Waals surface area (Å²) < 4.78 is 13.2. The summed E-state index contributed by atoms with van der Waals surface area (Å²) in [5.74, 6) is 1.47. The first-order valence-corrected chi connectivity index (χ1v) is 11.6. The van der Waals surface area contributed by atoms with Crippen LogP contribution in [0.15, 0.2) is 79.0 Å². The van der Waals surface area contributed by atoms with Crippen molar-refractivity contribution >= 4 is 22.5 Å². The van der Waals surface area contributed by atoms with Gasteiger partial charge in [0.1, 0.15) is 11.5 Å². The van der Waals surface area contributed by atoms with Crippen LogP contribution in [0.4, 0.5) is 5.69 Å². The van der Waals surface area contributed by atoms with Crippen LogP contribution in [0.25, 0.3) is 10.9 Å². The van der Waals surface area contributed by atoms with Crippen molar-refractivity contribution in [2.45, 2.75) is 13.0 Å². The Bertz CT molecular complexity index is 1230. The van der Waals surface area contributed by atoms with E-state index in [4.69, 9.17) is 9.47 Å². The molecule has 7 heteroatoms. The van der Waals surface area contributed by atoms with E-state index >= 15 is 0 Å². The van der Waals surface area contributed by atoms with E-state index in [1.54, 1.807) is 0 Å². The third kappa shape index (κ3) is 5.62. The number of amides is 1. The van der Waals surface area contributed by atoms with Gasteiger partial charge in [-0.1, -0.05) is 30.3 Å². The molecule has 0 saturated carbocycles. The molecule has 1 aromatic heterocycles. The SMILES string of the molecule is O=C(Cc1ccc(Oc2ccccc2)cc1)Nc1ccc2c(cnn2CCN2CCOCC2)c1. The molecule has 0 radical (unpaired) electrons. The maximum atomic E-state index is 12.6. The van der Waals surface area contributed by atoms with E-state index < -0.39 is 0 Å². The Morgan fingerprint density at radius 1 is 0.941 bits per heavy atom. The predicted octanol–water partition coefficient (Wildman–Crippen LogP) is 4.34. The highest BCUT2D eigenvalue weighted by molar-refractivity contribution is 5.94. The zero-order valence-electron chi connectivity index (χ0n) is 19.0. The van der Waals surface area contributed by atoms with E-state index in [0.29, 0.717) is 6.42 Å². The van der Waals surface area contributed by atoms with Crippen molar-refractivity contribution in [3.05, 3.63) is 84.6 Å². The zero-order valence-corrected chi connectivity index (χ0v) is 19.0. The minimum Gasteiger partial charge on any atom is -0.457 e. The van der Waals surface area contributed by atoms with Crippen LogP contribution in [0.3, 0.4) is 0 Å². The fourth-order valence-corrected chi connectivity index (χ4v) is 4.09. The number of fused-ring (bicyclic) bond motifs is 1. The third-order valence-corrected chi connectivity index (χ3v) is 5.92. The van der Waals surface area contributed by atoms with Gasteiger partial charge in [-0.2, -0.15) is 5.10 Å². The van der Waals surface area contributed by atoms with Crippen molar-refractivity contribution in [2.24, 2.45) is 0 Å². The standard InChI is InChI=1S/C27H28N4O3/c32-27(18-21-6-9-25(10-7-21)34-24-4-2-1-3-5-24)29-23-8-11-26-22(19-23)20-28-31(26)13-12-30-14-16-33-17-15-30/h1-11,19-20H,12-18H2,(H,29,32). The molecule has 0 atom stereocenters. The van der Waals surface area contributed by atoms with Crippen LogP contribution in [0.2, 0.25) is 0 Å². The van der Waals surface area contributed by atoms with Crippen LogP contribution < -0.4 is 10.1 Å². The van der Waals surface area contributed by atoms with Crippen molar-refractivity contribution in [1.29, 1.82) is 0 Å². The first-order valence-electron chi connectivity index (χ1n) is 11.6. The van der Waals surface area contributed by atoms with E-state index in [9.17, 15) is 4.79 Å². The lowest BCUT2D eigenvalue weighted by molar-refractivity contribution is -0.115. The lowest BCUT2D eigenvalue weighted by Gasteiger charge is -2.26. The molecule has 34 heavy (non-hydrogen) atoms. The highest BCUT2D eigenvalue weighted by Gasteiger charge is 2.12. The molecule has 1 fully saturated rings. The molecule has 1 aliphatic rings. The molecule has 0 bridgehead atoms. The number of ether oxygens (including phenoxy) is 2. The normalized spacial score (nSPS) is 14.2. The number of hydrogen-bond acceptors (Lipinski definition) is 5. The number of carbonyl (C=O) groups excluding carboxylic acids is 1. The number of benzene rings is 3. The summed E-state index contributed by atoms with van der Waals surface area (Å²) >= 11 is 0. The van der Waals surface area contributed by atoms with Gasteiger partial charge in [0, 0.05) is 30.7 Å². The minimum absolute atomic E-state index is 0.0595. The Labute approximate surface area is 198 Å². The molecule has 1 saturated heterocycles. The number of aromatic nitrogens is 2. The number of nitrogens with one attached hydrogen (secondary N) is 1. The summed E-state index contributed by atoms with van der Waals surface area (Å²) in [5, 5.41) is 8.56. The van der Waals surface area contributed by atoms with Gasteiger partial charge in [0.15, 0.2) is 0 Å². The van der Waals surface area contributed by atoms with Gasteiger partial charge in [-0.05, 0) is 48.0 Å². The van der Waals surface area contributed by atoms with Crippen molar-refractivity contribution in [3.63, 3.8) is 0 Å². The highest BCUT2D eigenvalue weighted by atomic mass is 16.5. The zero-order chi connectivity index (χ0) is 23.2. The molecule has 4 aromatic rings. The van der Waals surface area contributed by atoms with Crippen LogP contribution >= 0.6 is 0 Å². The fourth-order valence-electron chi connectivity index (χ4n) is 4.09. The molecule has 0 spiro atoms. The molecule has 1 aliphatic heterocycles. The van der Waals surface area contributed by atoms with E-state index in [2.05, 4.69) is 15.3 Å². The lowest BCUT2D eigenvalue weighted by atomic mass is 10.1. The Balaban J connectivity index is 1.16. The van der Waals surface area contributed by atoms with E-state index in [0.717, 1.165) is 73.0 Å². The fraction of sp³-hybridized carbons (Fsp3) is 0.259. The highest BCUT2D eigenvalue weighted by Crippen LogP contribution is 2.22. The number of para-hydroxylation sites is 1. The average molecular weight is 457 g/mol. The van der Waals surface area contributed by atoms with Crippen LogP contribution in [0.5, 0.6) is 11.5 Å². The van der Waals surface area contributed by atoms with Crippen LogP contribution in [0.1, 0.15) is 5.56 Å². The second kappa shape index (κ2) is 10.5. The van der Waals surface area contributed by atoms with Crippen LogP contribution in [-0.4, -0.2) is 53.4 Å². The van der Waals surface area contributed by atoms with Gasteiger partial charge in [-0.15, -0.1) is 0 Å². The Hall–Kier alpha value is -3.68. The molecule has 0 unspecified atom stereocenters. The summed E-state index contributed by atoms with van der Waals surface area (Å²) in [6, 6.07) is 23.2. The maximum Gasteiger partial charge on any atom is 0.228 e. The number of carbonyl (C=O) groups is 1. The summed E-state index contributed by atoms with van der Waals surface area (Å²) in [6.45, 7) is 5.33. The van der Waals surface area contributed by atoms with Gasteiger partial charge in [-0.3, -0.25) is 14.4 Å². The van der Waals surface area contributed by atoms with Gasteiger partial charge in [0.05, 0.1) is 37.9 Å². The second-order valence-corrected chi connectivity index (χ2v) is 8.38. The molecule has 174 valence electrons. The van der Waals surface area contributed by atoms with Crippen molar-refractivity contribution < 1.29 is 14.3 Å². The first-order chi connectivity index (χ1) is 16.7. The molecule has 7 nitrogen and oxygen atoms in total. The average Bonchev–Trinajstić information content (AvgIpc) is 3.27. The summed E-state index contributed by atoms with van der Waals surface area (Å²) in [7, 11) is 0. The Morgan fingerprint density at radius 2 is 1.71 bits per heavy atom. The van der Waals surface area contributed by atoms with Gasteiger partial charge in [0.25, 0.3) is 0 Å². The lowest BCUT2D eigenvalue weighted by Crippen LogP contribution is -2.38. The molecular formula is C27H28N4O3. The second-order valence-electron chi connectivity index (χ2n) is 8.38. The molecule has 2 heterocycles. The van der Waals surface area contributed by atoms with Crippen molar-refractivity contribution in [3.8, 4) is 11.5 Å². The largest absolute Gasteiger partial charge is 0.457 e. The topological polar surface area (TPSA) is 68.6 Å². The number of morpholine rings is 1. The van der Waals surface area contributed by atoms with Crippen molar-refractivity contribution in [2.75, 3.05) is 38.2 Å². The summed E-state index contributed by atoms with van der Waals surface area (Å²) in [4.78, 5) is 15.0. The van der Waals surface area contributed by atoms with Gasteiger partial charge in [-0.25, -0.2) is 0 Å². The van der Waals surface area contributed by atoms with Crippen LogP contribution in [0, 0.1) is 0 Å². The summed E-state index contributed by atoms with van der Waals surface area (Å²) in [6.07, 6.45) is 2.15. The van der Waals surface area contributed by atoms with Crippen LogP contribution in [-0.2, 0) is 22.5 Å². The predicted molar refractivity (Wildman–Crippen MR) is 132 cm³/mol. The molecule has 1 amide bonds. The quantitative estimate of drug-likeness (QED) is 0.427. The number of anilines is 1. The monoisotopic (exact) mass is 456 g/mol.